The average Bonchev–Trinajstić information content (AvgIpc) is 3.40. The Balaban J connectivity index is 1.34. The number of nitrogens with zero attached hydrogens (tertiary/aromatic N) is 3. The Morgan fingerprint density at radius 1 is 1.08 bits per heavy atom. The van der Waals surface area contributed by atoms with Crippen LogP contribution in [0.3, 0.4) is 0 Å². The van der Waals surface area contributed by atoms with E-state index in [1.165, 1.54) is 56.4 Å². The standard InChI is InChI=1S/C20H25N3O/c1-2-11-22(10-1)17-5-3-15(4-6-17)20-21-9-12-23(20)14-16-13-18-7-8-19(16)24-18/h3-6,9,12,16,18-19H,1-2,7-8,10-11,13-14H2/t16-,18-,19+/m0/s1. The third-order valence-electron chi connectivity index (χ3n) is 5.98. The molecule has 2 bridgehead atoms. The highest BCUT2D eigenvalue weighted by Gasteiger charge is 2.40. The highest BCUT2D eigenvalue weighted by Crippen LogP contribution is 2.40. The topological polar surface area (TPSA) is 30.3 Å². The fourth-order valence-corrected chi connectivity index (χ4v) is 4.70. The zero-order chi connectivity index (χ0) is 15.9. The van der Waals surface area contributed by atoms with Gasteiger partial charge in [0.25, 0.3) is 0 Å². The molecule has 4 nitrogen and oxygen atoms in total. The minimum Gasteiger partial charge on any atom is -0.375 e. The third kappa shape index (κ3) is 2.53. The summed E-state index contributed by atoms with van der Waals surface area (Å²) in [5.41, 5.74) is 2.56. The number of aromatic nitrogens is 2. The maximum atomic E-state index is 6.01. The van der Waals surface area contributed by atoms with E-state index in [4.69, 9.17) is 4.74 Å². The van der Waals surface area contributed by atoms with Crippen LogP contribution in [0.15, 0.2) is 36.7 Å². The summed E-state index contributed by atoms with van der Waals surface area (Å²) >= 11 is 0. The van der Waals surface area contributed by atoms with Crippen LogP contribution in [0, 0.1) is 5.92 Å². The van der Waals surface area contributed by atoms with Gasteiger partial charge in [-0.1, -0.05) is 0 Å². The number of rotatable bonds is 4. The van der Waals surface area contributed by atoms with E-state index in [1.807, 2.05) is 6.20 Å². The molecule has 0 spiro atoms. The molecule has 0 N–H and O–H groups in total. The van der Waals surface area contributed by atoms with E-state index in [0.29, 0.717) is 18.1 Å². The van der Waals surface area contributed by atoms with Crippen molar-refractivity contribution in [2.75, 3.05) is 18.0 Å². The van der Waals surface area contributed by atoms with Crippen molar-refractivity contribution in [1.29, 1.82) is 0 Å². The molecule has 3 fully saturated rings. The second-order valence-electron chi connectivity index (χ2n) is 7.51. The molecule has 3 aliphatic rings. The van der Waals surface area contributed by atoms with Gasteiger partial charge in [-0.05, 0) is 56.4 Å². The van der Waals surface area contributed by atoms with Crippen LogP contribution in [0.2, 0.25) is 0 Å². The van der Waals surface area contributed by atoms with Crippen LogP contribution in [0.25, 0.3) is 11.4 Å². The van der Waals surface area contributed by atoms with Crippen molar-refractivity contribution in [2.24, 2.45) is 5.92 Å². The summed E-state index contributed by atoms with van der Waals surface area (Å²) in [7, 11) is 0. The quantitative estimate of drug-likeness (QED) is 0.859. The summed E-state index contributed by atoms with van der Waals surface area (Å²) in [6.45, 7) is 3.42. The first-order valence-corrected chi connectivity index (χ1v) is 9.39. The lowest BCUT2D eigenvalue weighted by Crippen LogP contribution is -2.22. The summed E-state index contributed by atoms with van der Waals surface area (Å²) < 4.78 is 8.33. The molecule has 24 heavy (non-hydrogen) atoms. The van der Waals surface area contributed by atoms with E-state index >= 15 is 0 Å². The molecule has 1 aromatic heterocycles. The van der Waals surface area contributed by atoms with Crippen LogP contribution < -0.4 is 4.90 Å². The van der Waals surface area contributed by atoms with Gasteiger partial charge in [0.2, 0.25) is 0 Å². The smallest absolute Gasteiger partial charge is 0.139 e. The van der Waals surface area contributed by atoms with Gasteiger partial charge in [-0.15, -0.1) is 0 Å². The van der Waals surface area contributed by atoms with Crippen molar-refractivity contribution in [1.82, 2.24) is 9.55 Å². The average molecular weight is 323 g/mol. The lowest BCUT2D eigenvalue weighted by atomic mass is 9.89. The van der Waals surface area contributed by atoms with Gasteiger partial charge in [0.15, 0.2) is 0 Å². The Bertz CT molecular complexity index is 702. The molecule has 3 atom stereocenters. The Morgan fingerprint density at radius 2 is 1.92 bits per heavy atom. The van der Waals surface area contributed by atoms with E-state index < -0.39 is 0 Å². The zero-order valence-electron chi connectivity index (χ0n) is 14.1. The van der Waals surface area contributed by atoms with Gasteiger partial charge in [0, 0.05) is 49.2 Å². The van der Waals surface area contributed by atoms with Crippen molar-refractivity contribution in [3.05, 3.63) is 36.7 Å². The highest BCUT2D eigenvalue weighted by atomic mass is 16.5. The Kier molecular flexibility index (Phi) is 3.58. The molecule has 0 unspecified atom stereocenters. The molecule has 3 saturated heterocycles. The van der Waals surface area contributed by atoms with Crippen LogP contribution in [0.1, 0.15) is 32.1 Å². The Labute approximate surface area is 143 Å². The molecular formula is C20H25N3O. The predicted octanol–water partition coefficient (Wildman–Crippen LogP) is 3.72. The van der Waals surface area contributed by atoms with Crippen LogP contribution >= 0.6 is 0 Å². The van der Waals surface area contributed by atoms with Gasteiger partial charge >= 0.3 is 0 Å². The predicted molar refractivity (Wildman–Crippen MR) is 95.1 cm³/mol. The minimum absolute atomic E-state index is 0.475. The number of imidazole rings is 1. The summed E-state index contributed by atoms with van der Waals surface area (Å²) in [5.74, 6) is 1.74. The number of hydrogen-bond acceptors (Lipinski definition) is 3. The maximum Gasteiger partial charge on any atom is 0.139 e. The Morgan fingerprint density at radius 3 is 2.62 bits per heavy atom. The zero-order valence-corrected chi connectivity index (χ0v) is 14.1. The first-order chi connectivity index (χ1) is 11.9. The van der Waals surface area contributed by atoms with Crippen molar-refractivity contribution in [3.63, 3.8) is 0 Å². The SMILES string of the molecule is c1cn(C[C@@H]2C[C@@H]3CC[C@H]2O3)c(-c2ccc(N3CCCC3)cc2)n1. The molecule has 0 aliphatic carbocycles. The van der Waals surface area contributed by atoms with Gasteiger partial charge < -0.3 is 14.2 Å². The Hall–Kier alpha value is -1.81. The lowest BCUT2D eigenvalue weighted by Gasteiger charge is -2.20. The number of ether oxygens (including phenoxy) is 1. The fraction of sp³-hybridized carbons (Fsp3) is 0.550. The van der Waals surface area contributed by atoms with Crippen molar-refractivity contribution in [3.8, 4) is 11.4 Å². The van der Waals surface area contributed by atoms with E-state index in [-0.39, 0.29) is 0 Å². The molecule has 3 aliphatic heterocycles. The monoisotopic (exact) mass is 323 g/mol. The first kappa shape index (κ1) is 14.5. The molecule has 1 aromatic carbocycles. The van der Waals surface area contributed by atoms with Crippen molar-refractivity contribution < 1.29 is 4.74 Å². The van der Waals surface area contributed by atoms with Crippen LogP contribution in [0.4, 0.5) is 5.69 Å². The minimum atomic E-state index is 0.475. The normalized spacial score (nSPS) is 28.8. The van der Waals surface area contributed by atoms with E-state index in [2.05, 4.69) is 44.9 Å². The van der Waals surface area contributed by atoms with Gasteiger partial charge in [-0.3, -0.25) is 0 Å². The summed E-state index contributed by atoms with van der Waals surface area (Å²) in [6.07, 6.45) is 11.4. The second-order valence-corrected chi connectivity index (χ2v) is 7.51. The molecule has 4 heterocycles. The number of hydrogen-bond donors (Lipinski definition) is 0. The third-order valence-corrected chi connectivity index (χ3v) is 5.98. The number of fused-ring (bicyclic) bond motifs is 2. The summed E-state index contributed by atoms with van der Waals surface area (Å²) in [4.78, 5) is 7.10. The van der Waals surface area contributed by atoms with Crippen molar-refractivity contribution >= 4 is 5.69 Å². The fourth-order valence-electron chi connectivity index (χ4n) is 4.70. The van der Waals surface area contributed by atoms with Crippen molar-refractivity contribution in [2.45, 2.75) is 50.9 Å². The van der Waals surface area contributed by atoms with Crippen LogP contribution in [-0.2, 0) is 11.3 Å². The highest BCUT2D eigenvalue weighted by molar-refractivity contribution is 5.61. The number of anilines is 1. The van der Waals surface area contributed by atoms with E-state index in [0.717, 1.165) is 12.4 Å². The molecule has 0 saturated carbocycles. The van der Waals surface area contributed by atoms with Crippen LogP contribution in [0.5, 0.6) is 0 Å². The van der Waals surface area contributed by atoms with Gasteiger partial charge in [0.1, 0.15) is 5.82 Å². The van der Waals surface area contributed by atoms with Crippen LogP contribution in [-0.4, -0.2) is 34.8 Å². The second kappa shape index (κ2) is 5.92. The first-order valence-electron chi connectivity index (χ1n) is 9.39. The number of benzene rings is 1. The van der Waals surface area contributed by atoms with Gasteiger partial charge in [0.05, 0.1) is 12.2 Å². The summed E-state index contributed by atoms with van der Waals surface area (Å²) in [6, 6.07) is 8.95. The molecule has 2 aromatic rings. The lowest BCUT2D eigenvalue weighted by molar-refractivity contribution is 0.0900. The van der Waals surface area contributed by atoms with Gasteiger partial charge in [-0.25, -0.2) is 4.98 Å². The molecule has 126 valence electrons. The molecule has 0 amide bonds. The maximum absolute atomic E-state index is 6.01. The van der Waals surface area contributed by atoms with E-state index in [1.54, 1.807) is 0 Å². The van der Waals surface area contributed by atoms with Gasteiger partial charge in [-0.2, -0.15) is 0 Å². The molecule has 0 radical (unpaired) electrons. The van der Waals surface area contributed by atoms with E-state index in [9.17, 15) is 0 Å². The molecule has 4 heteroatoms. The summed E-state index contributed by atoms with van der Waals surface area (Å²) in [5, 5.41) is 0. The molecular weight excluding hydrogens is 298 g/mol. The molecule has 5 rings (SSSR count). The largest absolute Gasteiger partial charge is 0.375 e.